The normalized spacial score (nSPS) is 13.4. The Bertz CT molecular complexity index is 1430. The molecule has 0 aliphatic heterocycles. The molecule has 1 saturated carbocycles. The Morgan fingerprint density at radius 3 is 2.58 bits per heavy atom. The maximum absolute atomic E-state index is 14.6. The Hall–Kier alpha value is -4.08. The van der Waals surface area contributed by atoms with Crippen LogP contribution in [0.15, 0.2) is 48.7 Å². The van der Waals surface area contributed by atoms with Crippen molar-refractivity contribution in [2.75, 3.05) is 6.61 Å². The van der Waals surface area contributed by atoms with Gasteiger partial charge in [0.2, 0.25) is 5.88 Å². The molecule has 4 aromatic rings. The number of benzene rings is 2. The summed E-state index contributed by atoms with van der Waals surface area (Å²) in [5.41, 5.74) is 3.18. The van der Waals surface area contributed by atoms with Gasteiger partial charge in [-0.1, -0.05) is 12.1 Å². The fraction of sp³-hybridized carbons (Fsp3) is 0.269. The summed E-state index contributed by atoms with van der Waals surface area (Å²) >= 11 is 0. The van der Waals surface area contributed by atoms with E-state index in [0.29, 0.717) is 17.0 Å². The average Bonchev–Trinajstić information content (AvgIpc) is 3.58. The van der Waals surface area contributed by atoms with Crippen LogP contribution in [0.2, 0.25) is 0 Å². The smallest absolute Gasteiger partial charge is 0.388 e. The number of ether oxygens (including phenoxy) is 2. The first-order chi connectivity index (χ1) is 17.3. The van der Waals surface area contributed by atoms with Crippen LogP contribution in [0, 0.1) is 12.7 Å². The molecule has 1 N–H and O–H groups in total. The third-order valence-electron chi connectivity index (χ3n) is 6.13. The highest BCUT2D eigenvalue weighted by Crippen LogP contribution is 2.39. The van der Waals surface area contributed by atoms with E-state index in [1.807, 2.05) is 36.5 Å². The second-order valence-electron chi connectivity index (χ2n) is 8.65. The molecule has 1 fully saturated rings. The average molecular weight is 497 g/mol. The van der Waals surface area contributed by atoms with Crippen LogP contribution in [0.5, 0.6) is 11.6 Å². The van der Waals surface area contributed by atoms with Crippen molar-refractivity contribution in [1.82, 2.24) is 14.8 Å². The van der Waals surface area contributed by atoms with Crippen LogP contribution in [-0.2, 0) is 11.2 Å². The standard InChI is InChI=1S/C26H22F3N3O4/c1-14-18(12-15-2-6-17(7-3-15)32-11-10-20(31-32)16-4-5-16)25(36-26(28)29)30-24-19(27)8-9-21(23(14)24)35-13-22(33)34/h2-3,6-11,16,26H,4-5,12-13H2,1H3,(H,33,34). The molecule has 0 spiro atoms. The summed E-state index contributed by atoms with van der Waals surface area (Å²) < 4.78 is 52.8. The van der Waals surface area contributed by atoms with Crippen molar-refractivity contribution >= 4 is 16.9 Å². The number of aryl methyl sites for hydroxylation is 1. The van der Waals surface area contributed by atoms with Crippen LogP contribution in [-0.4, -0.2) is 39.1 Å². The molecule has 1 aliphatic rings. The number of halogens is 3. The number of nitrogens with zero attached hydrogens (tertiary/aromatic N) is 3. The van der Waals surface area contributed by atoms with Crippen molar-refractivity contribution in [2.45, 2.75) is 38.7 Å². The van der Waals surface area contributed by atoms with E-state index in [4.69, 9.17) is 9.84 Å². The van der Waals surface area contributed by atoms with E-state index < -0.39 is 30.9 Å². The van der Waals surface area contributed by atoms with E-state index in [9.17, 15) is 18.0 Å². The van der Waals surface area contributed by atoms with E-state index in [0.717, 1.165) is 35.9 Å². The predicted molar refractivity (Wildman–Crippen MR) is 125 cm³/mol. The number of carboxylic acid groups (broad SMARTS) is 1. The highest BCUT2D eigenvalue weighted by atomic mass is 19.3. The van der Waals surface area contributed by atoms with Gasteiger partial charge in [-0.3, -0.25) is 0 Å². The topological polar surface area (TPSA) is 86.5 Å². The minimum absolute atomic E-state index is 0.0872. The Morgan fingerprint density at radius 2 is 1.92 bits per heavy atom. The zero-order chi connectivity index (χ0) is 25.4. The number of hydrogen-bond donors (Lipinski definition) is 1. The van der Waals surface area contributed by atoms with Crippen molar-refractivity contribution < 1.29 is 32.5 Å². The lowest BCUT2D eigenvalue weighted by atomic mass is 9.97. The lowest BCUT2D eigenvalue weighted by molar-refractivity contribution is -0.139. The van der Waals surface area contributed by atoms with Crippen molar-refractivity contribution in [2.24, 2.45) is 0 Å². The molecule has 10 heteroatoms. The summed E-state index contributed by atoms with van der Waals surface area (Å²) in [5.74, 6) is -1.75. The van der Waals surface area contributed by atoms with Crippen LogP contribution in [0.4, 0.5) is 13.2 Å². The molecule has 0 radical (unpaired) electrons. The number of pyridine rings is 1. The van der Waals surface area contributed by atoms with Gasteiger partial charge in [0.1, 0.15) is 17.1 Å². The minimum Gasteiger partial charge on any atom is -0.481 e. The lowest BCUT2D eigenvalue weighted by Crippen LogP contribution is -2.12. The van der Waals surface area contributed by atoms with Gasteiger partial charge in [0.25, 0.3) is 0 Å². The number of alkyl halides is 2. The summed E-state index contributed by atoms with van der Waals surface area (Å²) in [6, 6.07) is 11.8. The van der Waals surface area contributed by atoms with E-state index in [-0.39, 0.29) is 23.1 Å². The van der Waals surface area contributed by atoms with Gasteiger partial charge in [0, 0.05) is 29.5 Å². The quantitative estimate of drug-likeness (QED) is 0.333. The Kier molecular flexibility index (Phi) is 6.26. The van der Waals surface area contributed by atoms with Crippen molar-refractivity contribution in [3.8, 4) is 17.3 Å². The number of carbonyl (C=O) groups is 1. The van der Waals surface area contributed by atoms with Gasteiger partial charge >= 0.3 is 12.6 Å². The molecule has 36 heavy (non-hydrogen) atoms. The third kappa shape index (κ3) is 4.84. The first-order valence-corrected chi connectivity index (χ1v) is 11.4. The number of fused-ring (bicyclic) bond motifs is 1. The molecule has 1 aliphatic carbocycles. The predicted octanol–water partition coefficient (Wildman–Crippen LogP) is 5.40. The zero-order valence-corrected chi connectivity index (χ0v) is 19.2. The molecule has 0 saturated heterocycles. The number of hydrogen-bond acceptors (Lipinski definition) is 5. The van der Waals surface area contributed by atoms with Crippen LogP contribution in [0.3, 0.4) is 0 Å². The minimum atomic E-state index is -3.16. The molecular weight excluding hydrogens is 475 g/mol. The summed E-state index contributed by atoms with van der Waals surface area (Å²) in [6.07, 6.45) is 4.39. The second kappa shape index (κ2) is 9.52. The number of carboxylic acids is 1. The maximum atomic E-state index is 14.6. The van der Waals surface area contributed by atoms with Gasteiger partial charge in [-0.15, -0.1) is 0 Å². The molecule has 5 rings (SSSR count). The zero-order valence-electron chi connectivity index (χ0n) is 19.2. The highest BCUT2D eigenvalue weighted by molar-refractivity contribution is 5.91. The Morgan fingerprint density at radius 1 is 1.17 bits per heavy atom. The first kappa shape index (κ1) is 23.7. The SMILES string of the molecule is Cc1c(Cc2ccc(-n3ccc(C4CC4)n3)cc2)c(OC(F)F)nc2c(F)ccc(OCC(=O)O)c12. The van der Waals surface area contributed by atoms with E-state index in [1.165, 1.54) is 6.07 Å². The van der Waals surface area contributed by atoms with Crippen molar-refractivity contribution in [1.29, 1.82) is 0 Å². The monoisotopic (exact) mass is 497 g/mol. The molecule has 2 aromatic carbocycles. The molecule has 0 unspecified atom stereocenters. The molecule has 0 amide bonds. The van der Waals surface area contributed by atoms with E-state index >= 15 is 0 Å². The molecule has 2 aromatic heterocycles. The van der Waals surface area contributed by atoms with Crippen molar-refractivity contribution in [3.05, 3.63) is 76.9 Å². The number of rotatable bonds is 9. The molecular formula is C26H22F3N3O4. The van der Waals surface area contributed by atoms with Gasteiger partial charge in [0.15, 0.2) is 6.61 Å². The van der Waals surface area contributed by atoms with Gasteiger partial charge in [0.05, 0.1) is 11.4 Å². The molecule has 186 valence electrons. The van der Waals surface area contributed by atoms with Gasteiger partial charge in [-0.2, -0.15) is 13.9 Å². The lowest BCUT2D eigenvalue weighted by Gasteiger charge is -2.17. The molecule has 0 atom stereocenters. The van der Waals surface area contributed by atoms with Gasteiger partial charge < -0.3 is 14.6 Å². The molecule has 7 nitrogen and oxygen atoms in total. The second-order valence-corrected chi connectivity index (χ2v) is 8.65. The van der Waals surface area contributed by atoms with Gasteiger partial charge in [-0.25, -0.2) is 18.9 Å². The Labute approximate surface area is 204 Å². The van der Waals surface area contributed by atoms with Gasteiger partial charge in [-0.05, 0) is 61.2 Å². The number of aromatic nitrogens is 3. The van der Waals surface area contributed by atoms with Crippen LogP contribution >= 0.6 is 0 Å². The summed E-state index contributed by atoms with van der Waals surface area (Å²) in [7, 11) is 0. The fourth-order valence-corrected chi connectivity index (χ4v) is 4.20. The highest BCUT2D eigenvalue weighted by Gasteiger charge is 2.26. The molecule has 2 heterocycles. The number of aliphatic carboxylic acids is 1. The van der Waals surface area contributed by atoms with Crippen molar-refractivity contribution in [3.63, 3.8) is 0 Å². The first-order valence-electron chi connectivity index (χ1n) is 11.4. The Balaban J connectivity index is 1.52. The van der Waals surface area contributed by atoms with E-state index in [1.54, 1.807) is 11.6 Å². The van der Waals surface area contributed by atoms with Crippen LogP contribution in [0.25, 0.3) is 16.6 Å². The van der Waals surface area contributed by atoms with E-state index in [2.05, 4.69) is 14.8 Å². The summed E-state index contributed by atoms with van der Waals surface area (Å²) in [4.78, 5) is 15.0. The fourth-order valence-electron chi connectivity index (χ4n) is 4.20. The summed E-state index contributed by atoms with van der Waals surface area (Å²) in [5, 5.41) is 13.8. The molecule has 0 bridgehead atoms. The largest absolute Gasteiger partial charge is 0.481 e. The van der Waals surface area contributed by atoms with Crippen LogP contribution in [0.1, 0.15) is 41.1 Å². The summed E-state index contributed by atoms with van der Waals surface area (Å²) in [6.45, 7) is -2.20. The van der Waals surface area contributed by atoms with Crippen LogP contribution < -0.4 is 9.47 Å². The maximum Gasteiger partial charge on any atom is 0.388 e. The third-order valence-corrected chi connectivity index (χ3v) is 6.13.